The van der Waals surface area contributed by atoms with Crippen LogP contribution in [0.2, 0.25) is 0 Å². The van der Waals surface area contributed by atoms with Crippen LogP contribution in [-0.2, 0) is 23.2 Å². The summed E-state index contributed by atoms with van der Waals surface area (Å²) in [5, 5.41) is 6.07. The van der Waals surface area contributed by atoms with Crippen molar-refractivity contribution in [1.82, 2.24) is 0 Å². The van der Waals surface area contributed by atoms with E-state index < -0.39 is 23.2 Å². The zero-order chi connectivity index (χ0) is 23.8. The van der Waals surface area contributed by atoms with Crippen molar-refractivity contribution < 1.29 is 23.2 Å². The topological polar surface area (TPSA) is 0 Å². The molecule has 0 heterocycles. The molecule has 0 radical (unpaired) electrons. The van der Waals surface area contributed by atoms with Crippen LogP contribution in [0.5, 0.6) is 0 Å². The Morgan fingerprint density at radius 2 is 0.857 bits per heavy atom. The van der Waals surface area contributed by atoms with Crippen molar-refractivity contribution >= 4 is 38.4 Å². The minimum absolute atomic E-state index is 0.647. The Hall–Kier alpha value is -1.90. The Morgan fingerprint density at radius 3 is 1.29 bits per heavy atom. The molecule has 2 aliphatic rings. The number of allylic oxidation sites excluding steroid dienone is 2. The first kappa shape index (κ1) is 23.5. The van der Waals surface area contributed by atoms with E-state index in [1.54, 1.807) is 32.9 Å². The number of benzene rings is 4. The molecule has 4 aromatic carbocycles. The Labute approximate surface area is 224 Å². The normalized spacial score (nSPS) is 19.3. The van der Waals surface area contributed by atoms with Crippen LogP contribution < -0.4 is 10.6 Å². The van der Waals surface area contributed by atoms with Crippen molar-refractivity contribution in [2.45, 2.75) is 21.1 Å². The number of fused-ring (bicyclic) bond motifs is 2. The van der Waals surface area contributed by atoms with Crippen LogP contribution in [0.3, 0.4) is 0 Å². The van der Waals surface area contributed by atoms with Crippen molar-refractivity contribution in [3.05, 3.63) is 143 Å². The van der Waals surface area contributed by atoms with E-state index in [0.29, 0.717) is 7.25 Å². The Balaban J connectivity index is 1.37. The van der Waals surface area contributed by atoms with E-state index in [4.69, 9.17) is 0 Å². The van der Waals surface area contributed by atoms with Gasteiger partial charge in [0.1, 0.15) is 0 Å². The molecule has 3 heteroatoms. The molecular formula is C32H28P2Zr. The molecule has 0 bridgehead atoms. The standard InChI is InChI=1S/2C16H14P.Zr/c2*1-12-11-13-7-5-6-10-15(13)16(12)17-14-8-3-2-4-9-14;/h2*2-11,17H,1H3;. The average molecular weight is 566 g/mol. The van der Waals surface area contributed by atoms with Crippen LogP contribution in [0.25, 0.3) is 10.6 Å². The fourth-order valence-corrected chi connectivity index (χ4v) is 13.7. The average Bonchev–Trinajstić information content (AvgIpc) is 3.32. The maximum absolute atomic E-state index is 2.43. The quantitative estimate of drug-likeness (QED) is 0.208. The minimum atomic E-state index is -0.866. The first-order valence-electron chi connectivity index (χ1n) is 12.2. The van der Waals surface area contributed by atoms with Gasteiger partial charge in [-0.25, -0.2) is 0 Å². The SMILES string of the molecule is CC1=C(Pc2ccccc2)c2ccccc2[CH]1[Zr][CH]1C(C)=C(Pc2ccccc2)c2ccccc21. The first-order chi connectivity index (χ1) is 17.2. The van der Waals surface area contributed by atoms with E-state index in [1.165, 1.54) is 21.7 Å². The summed E-state index contributed by atoms with van der Waals surface area (Å²) in [6.45, 7) is 4.87. The maximum atomic E-state index is 2.43. The monoisotopic (exact) mass is 564 g/mol. The zero-order valence-corrected chi connectivity index (χ0v) is 24.5. The van der Waals surface area contributed by atoms with Gasteiger partial charge in [0.15, 0.2) is 0 Å². The third-order valence-corrected chi connectivity index (χ3v) is 15.5. The summed E-state index contributed by atoms with van der Waals surface area (Å²) < 4.78 is 1.29. The summed E-state index contributed by atoms with van der Waals surface area (Å²) in [6, 6.07) is 40.6. The summed E-state index contributed by atoms with van der Waals surface area (Å²) in [6.07, 6.45) is 0. The Bertz CT molecular complexity index is 1330. The van der Waals surface area contributed by atoms with Gasteiger partial charge in [0, 0.05) is 0 Å². The number of hydrogen-bond donors (Lipinski definition) is 0. The van der Waals surface area contributed by atoms with Crippen LogP contribution in [0.1, 0.15) is 43.4 Å². The van der Waals surface area contributed by atoms with Crippen molar-refractivity contribution in [3.8, 4) is 0 Å². The molecule has 0 N–H and O–H groups in total. The van der Waals surface area contributed by atoms with E-state index in [2.05, 4.69) is 123 Å². The fraction of sp³-hybridized carbons (Fsp3) is 0.125. The van der Waals surface area contributed by atoms with E-state index in [9.17, 15) is 0 Å². The number of hydrogen-bond acceptors (Lipinski definition) is 0. The molecule has 0 aromatic heterocycles. The second kappa shape index (κ2) is 10.2. The summed E-state index contributed by atoms with van der Waals surface area (Å²) in [5.74, 6) is 0. The fourth-order valence-electron chi connectivity index (χ4n) is 5.39. The molecule has 0 nitrogen and oxygen atoms in total. The molecule has 0 fully saturated rings. The van der Waals surface area contributed by atoms with Gasteiger partial charge in [0.05, 0.1) is 0 Å². The molecule has 2 aliphatic carbocycles. The van der Waals surface area contributed by atoms with Gasteiger partial charge in [-0.1, -0.05) is 0 Å². The third kappa shape index (κ3) is 4.53. The van der Waals surface area contributed by atoms with Gasteiger partial charge in [0.25, 0.3) is 0 Å². The summed E-state index contributed by atoms with van der Waals surface area (Å²) in [7, 11) is 1.47. The van der Waals surface area contributed by atoms with Crippen molar-refractivity contribution in [1.29, 1.82) is 0 Å². The van der Waals surface area contributed by atoms with Crippen LogP contribution >= 0.6 is 17.2 Å². The molecule has 0 amide bonds. The first-order valence-corrected chi connectivity index (χ1v) is 17.0. The predicted molar refractivity (Wildman–Crippen MR) is 152 cm³/mol. The van der Waals surface area contributed by atoms with Gasteiger partial charge >= 0.3 is 225 Å². The van der Waals surface area contributed by atoms with Gasteiger partial charge in [-0.05, 0) is 0 Å². The molecule has 0 saturated heterocycles. The molecule has 35 heavy (non-hydrogen) atoms. The Morgan fingerprint density at radius 1 is 0.486 bits per heavy atom. The summed E-state index contributed by atoms with van der Waals surface area (Å²) in [5.41, 5.74) is 9.50. The van der Waals surface area contributed by atoms with Gasteiger partial charge in [-0.3, -0.25) is 0 Å². The van der Waals surface area contributed by atoms with Crippen LogP contribution in [-0.4, -0.2) is 0 Å². The van der Waals surface area contributed by atoms with Crippen LogP contribution in [0, 0.1) is 0 Å². The van der Waals surface area contributed by atoms with E-state index in [-0.39, 0.29) is 0 Å². The third-order valence-electron chi connectivity index (χ3n) is 7.16. The zero-order valence-electron chi connectivity index (χ0n) is 20.0. The van der Waals surface area contributed by atoms with E-state index in [0.717, 1.165) is 17.2 Å². The number of rotatable bonds is 6. The van der Waals surface area contributed by atoms with Crippen molar-refractivity contribution in [2.75, 3.05) is 0 Å². The summed E-state index contributed by atoms with van der Waals surface area (Å²) >= 11 is -0.866. The molecule has 4 unspecified atom stereocenters. The van der Waals surface area contributed by atoms with Crippen LogP contribution in [0.15, 0.2) is 120 Å². The molecular weight excluding hydrogens is 538 g/mol. The van der Waals surface area contributed by atoms with Gasteiger partial charge < -0.3 is 0 Å². The second-order valence-corrected chi connectivity index (χ2v) is 15.6. The Kier molecular flexibility index (Phi) is 6.87. The van der Waals surface area contributed by atoms with E-state index >= 15 is 0 Å². The molecule has 0 spiro atoms. The molecule has 0 aliphatic heterocycles. The molecule has 170 valence electrons. The van der Waals surface area contributed by atoms with E-state index in [1.807, 2.05) is 0 Å². The molecule has 4 aromatic rings. The summed E-state index contributed by atoms with van der Waals surface area (Å²) in [4.78, 5) is 0. The molecule has 0 saturated carbocycles. The molecule has 4 atom stereocenters. The molecule has 6 rings (SSSR count). The van der Waals surface area contributed by atoms with Crippen molar-refractivity contribution in [2.24, 2.45) is 0 Å². The van der Waals surface area contributed by atoms with Gasteiger partial charge in [-0.2, -0.15) is 0 Å². The van der Waals surface area contributed by atoms with Crippen LogP contribution in [0.4, 0.5) is 0 Å². The predicted octanol–water partition coefficient (Wildman–Crippen LogP) is 8.05. The second-order valence-electron chi connectivity index (χ2n) is 9.31. The van der Waals surface area contributed by atoms with Gasteiger partial charge in [-0.15, -0.1) is 0 Å². The van der Waals surface area contributed by atoms with Crippen molar-refractivity contribution in [3.63, 3.8) is 0 Å². The van der Waals surface area contributed by atoms with Gasteiger partial charge in [0.2, 0.25) is 0 Å².